The first kappa shape index (κ1) is 14.7. The monoisotopic (exact) mass is 302 g/mol. The number of nitrogens with zero attached hydrogens (tertiary/aromatic N) is 3. The van der Waals surface area contributed by atoms with Gasteiger partial charge in [0, 0.05) is 19.6 Å². The molecule has 0 spiro atoms. The predicted molar refractivity (Wildman–Crippen MR) is 83.9 cm³/mol. The number of aromatic nitrogens is 2. The Bertz CT molecular complexity index is 695. The van der Waals surface area contributed by atoms with Crippen molar-refractivity contribution in [1.29, 1.82) is 0 Å². The van der Waals surface area contributed by atoms with Crippen LogP contribution < -0.4 is 5.32 Å². The minimum Gasteiger partial charge on any atom is -0.403 e. The van der Waals surface area contributed by atoms with E-state index in [1.165, 1.54) is 5.57 Å². The van der Waals surface area contributed by atoms with Crippen molar-refractivity contribution in [3.8, 4) is 11.5 Å². The van der Waals surface area contributed by atoms with Crippen LogP contribution in [-0.4, -0.2) is 41.8 Å². The van der Waals surface area contributed by atoms with Gasteiger partial charge in [0.25, 0.3) is 5.89 Å². The van der Waals surface area contributed by atoms with E-state index < -0.39 is 0 Å². The normalized spacial score (nSPS) is 15.7. The average molecular weight is 302 g/mol. The molecule has 0 aliphatic carbocycles. The Kier molecular flexibility index (Phi) is 4.20. The van der Waals surface area contributed by atoms with Crippen molar-refractivity contribution in [1.82, 2.24) is 15.1 Å². The van der Waals surface area contributed by atoms with E-state index in [9.17, 15) is 4.39 Å². The molecule has 1 aromatic heterocycles. The van der Waals surface area contributed by atoms with Gasteiger partial charge in [-0.2, -0.15) is 0 Å². The highest BCUT2D eigenvalue weighted by Crippen LogP contribution is 2.28. The summed E-state index contributed by atoms with van der Waals surface area (Å²) in [6, 6.07) is 5.46. The van der Waals surface area contributed by atoms with Gasteiger partial charge < -0.3 is 14.6 Å². The minimum atomic E-state index is -0.343. The molecule has 1 aliphatic heterocycles. The van der Waals surface area contributed by atoms with Crippen LogP contribution in [0.4, 0.5) is 10.4 Å². The molecule has 2 heterocycles. The van der Waals surface area contributed by atoms with Gasteiger partial charge in [-0.15, -0.1) is 5.10 Å². The average Bonchev–Trinajstić information content (AvgIpc) is 2.97. The fourth-order valence-corrected chi connectivity index (χ4v) is 2.48. The number of benzene rings is 1. The highest BCUT2D eigenvalue weighted by Gasteiger charge is 2.16. The Labute approximate surface area is 128 Å². The molecule has 1 aromatic carbocycles. The van der Waals surface area contributed by atoms with Crippen LogP contribution in [0.15, 0.2) is 28.7 Å². The van der Waals surface area contributed by atoms with E-state index in [1.54, 1.807) is 12.1 Å². The van der Waals surface area contributed by atoms with Crippen molar-refractivity contribution >= 4 is 11.6 Å². The zero-order valence-corrected chi connectivity index (χ0v) is 12.8. The Hall–Kier alpha value is -2.21. The van der Waals surface area contributed by atoms with Gasteiger partial charge >= 0.3 is 6.01 Å². The fraction of sp³-hybridized carbons (Fsp3) is 0.375. The Balaban J connectivity index is 1.85. The second kappa shape index (κ2) is 6.27. The Morgan fingerprint density at radius 1 is 1.36 bits per heavy atom. The highest BCUT2D eigenvalue weighted by molar-refractivity contribution is 5.69. The number of anilines is 1. The van der Waals surface area contributed by atoms with Gasteiger partial charge in [-0.1, -0.05) is 17.2 Å². The van der Waals surface area contributed by atoms with E-state index in [4.69, 9.17) is 4.42 Å². The van der Waals surface area contributed by atoms with Crippen molar-refractivity contribution in [2.45, 2.75) is 13.3 Å². The lowest BCUT2D eigenvalue weighted by atomic mass is 9.98. The van der Waals surface area contributed by atoms with Crippen molar-refractivity contribution in [2.75, 3.05) is 32.0 Å². The summed E-state index contributed by atoms with van der Waals surface area (Å²) < 4.78 is 19.8. The molecule has 0 amide bonds. The molecule has 0 atom stereocenters. The van der Waals surface area contributed by atoms with Crippen molar-refractivity contribution in [3.05, 3.63) is 35.7 Å². The second-order valence-corrected chi connectivity index (χ2v) is 5.38. The van der Waals surface area contributed by atoms with Crippen LogP contribution in [0, 0.1) is 5.82 Å². The zero-order valence-electron chi connectivity index (χ0n) is 12.8. The molecule has 6 heteroatoms. The third kappa shape index (κ3) is 3.01. The first-order chi connectivity index (χ1) is 10.7. The molecule has 0 unspecified atom stereocenters. The van der Waals surface area contributed by atoms with Crippen molar-refractivity contribution in [3.63, 3.8) is 0 Å². The highest BCUT2D eigenvalue weighted by atomic mass is 19.1. The smallest absolute Gasteiger partial charge is 0.315 e. The van der Waals surface area contributed by atoms with E-state index in [-0.39, 0.29) is 11.7 Å². The summed E-state index contributed by atoms with van der Waals surface area (Å²) in [7, 11) is 2.08. The number of halogens is 1. The van der Waals surface area contributed by atoms with Crippen molar-refractivity contribution in [2.24, 2.45) is 0 Å². The Morgan fingerprint density at radius 2 is 2.23 bits per heavy atom. The molecule has 0 saturated heterocycles. The largest absolute Gasteiger partial charge is 0.403 e. The molecule has 0 radical (unpaired) electrons. The maximum absolute atomic E-state index is 14.4. The van der Waals surface area contributed by atoms with Gasteiger partial charge in [-0.05, 0) is 43.7 Å². The standard InChI is InChI=1S/C16H19FN4O/c1-3-18-16-20-19-15(22-16)13-5-4-12(10-14(13)17)11-6-8-21(2)9-7-11/h4-6,10H,3,7-9H2,1-2H3,(H,18,20). The van der Waals surface area contributed by atoms with Crippen LogP contribution in [0.3, 0.4) is 0 Å². The van der Waals surface area contributed by atoms with Crippen LogP contribution >= 0.6 is 0 Å². The number of hydrogen-bond donors (Lipinski definition) is 1. The third-order valence-corrected chi connectivity index (χ3v) is 3.74. The van der Waals surface area contributed by atoms with E-state index in [2.05, 4.69) is 33.5 Å². The van der Waals surface area contributed by atoms with Gasteiger partial charge in [0.2, 0.25) is 0 Å². The van der Waals surface area contributed by atoms with Crippen LogP contribution in [-0.2, 0) is 0 Å². The molecule has 0 fully saturated rings. The van der Waals surface area contributed by atoms with E-state index in [1.807, 2.05) is 13.0 Å². The van der Waals surface area contributed by atoms with Gasteiger partial charge in [0.1, 0.15) is 5.82 Å². The maximum atomic E-state index is 14.4. The minimum absolute atomic E-state index is 0.192. The summed E-state index contributed by atoms with van der Waals surface area (Å²) in [5, 5.41) is 10.6. The molecule has 0 saturated carbocycles. The van der Waals surface area contributed by atoms with E-state index in [0.717, 1.165) is 25.1 Å². The SMILES string of the molecule is CCNc1nnc(-c2ccc(C3=CCN(C)CC3)cc2F)o1. The molecule has 5 nitrogen and oxygen atoms in total. The number of nitrogens with one attached hydrogen (secondary N) is 1. The van der Waals surface area contributed by atoms with Crippen LogP contribution in [0.2, 0.25) is 0 Å². The predicted octanol–water partition coefficient (Wildman–Crippen LogP) is 3.03. The van der Waals surface area contributed by atoms with Crippen LogP contribution in [0.25, 0.3) is 17.0 Å². The molecule has 2 aromatic rings. The maximum Gasteiger partial charge on any atom is 0.315 e. The first-order valence-electron chi connectivity index (χ1n) is 7.42. The van der Waals surface area contributed by atoms with E-state index >= 15 is 0 Å². The lowest BCUT2D eigenvalue weighted by Crippen LogP contribution is -2.23. The molecule has 0 bridgehead atoms. The van der Waals surface area contributed by atoms with Gasteiger partial charge in [0.05, 0.1) is 5.56 Å². The molecular formula is C16H19FN4O. The van der Waals surface area contributed by atoms with Crippen LogP contribution in [0.1, 0.15) is 18.9 Å². The van der Waals surface area contributed by atoms with Gasteiger partial charge in [-0.25, -0.2) is 4.39 Å². The quantitative estimate of drug-likeness (QED) is 0.941. The van der Waals surface area contributed by atoms with Crippen molar-refractivity contribution < 1.29 is 8.81 Å². The molecule has 22 heavy (non-hydrogen) atoms. The first-order valence-corrected chi connectivity index (χ1v) is 7.42. The number of hydrogen-bond acceptors (Lipinski definition) is 5. The lowest BCUT2D eigenvalue weighted by Gasteiger charge is -2.22. The molecule has 116 valence electrons. The summed E-state index contributed by atoms with van der Waals surface area (Å²) in [4.78, 5) is 2.23. The molecule has 1 aliphatic rings. The summed E-state index contributed by atoms with van der Waals surface area (Å²) in [6.45, 7) is 4.49. The molecular weight excluding hydrogens is 283 g/mol. The zero-order chi connectivity index (χ0) is 15.5. The summed E-state index contributed by atoms with van der Waals surface area (Å²) in [6.07, 6.45) is 3.08. The molecule has 3 rings (SSSR count). The van der Waals surface area contributed by atoms with Gasteiger partial charge in [0.15, 0.2) is 0 Å². The second-order valence-electron chi connectivity index (χ2n) is 5.38. The summed E-state index contributed by atoms with van der Waals surface area (Å²) in [5.41, 5.74) is 2.43. The number of rotatable bonds is 4. The summed E-state index contributed by atoms with van der Waals surface area (Å²) in [5.74, 6) is -0.151. The van der Waals surface area contributed by atoms with Gasteiger partial charge in [-0.3, -0.25) is 0 Å². The van der Waals surface area contributed by atoms with E-state index in [0.29, 0.717) is 18.1 Å². The Morgan fingerprint density at radius 3 is 2.91 bits per heavy atom. The summed E-state index contributed by atoms with van der Waals surface area (Å²) >= 11 is 0. The third-order valence-electron chi connectivity index (χ3n) is 3.74. The number of likely N-dealkylation sites (N-methyl/N-ethyl adjacent to an activating group) is 1. The van der Waals surface area contributed by atoms with Crippen LogP contribution in [0.5, 0.6) is 0 Å². The lowest BCUT2D eigenvalue weighted by molar-refractivity contribution is 0.370. The molecule has 1 N–H and O–H groups in total. The fourth-order valence-electron chi connectivity index (χ4n) is 2.48. The topological polar surface area (TPSA) is 54.2 Å².